The van der Waals surface area contributed by atoms with Crippen LogP contribution in [0.25, 0.3) is 0 Å². The second kappa shape index (κ2) is 28.9. The monoisotopic (exact) mass is 486 g/mol. The Hall–Kier alpha value is -2.34. The van der Waals surface area contributed by atoms with Crippen molar-refractivity contribution in [3.8, 4) is 0 Å². The van der Waals surface area contributed by atoms with Crippen molar-refractivity contribution in [3.05, 3.63) is 109 Å². The molecule has 0 aliphatic heterocycles. The quantitative estimate of drug-likeness (QED) is 0.299. The second-order valence-corrected chi connectivity index (χ2v) is 9.44. The predicted octanol–water partition coefficient (Wildman–Crippen LogP) is 12.0. The fourth-order valence-corrected chi connectivity index (χ4v) is 3.85. The molecule has 0 fully saturated rings. The number of rotatable bonds is 0. The molecule has 198 valence electrons. The number of hydrogen-bond donors (Lipinski definition) is 0. The Labute approximate surface area is 224 Å². The molecule has 0 heteroatoms. The molecule has 0 bridgehead atoms. The molecule has 0 atom stereocenters. The summed E-state index contributed by atoms with van der Waals surface area (Å²) in [5.41, 5.74) is 0. The normalized spacial score (nSPS) is 28.0. The minimum atomic E-state index is 1.21. The standard InChI is InChI=1S/3C12H18/c3*1-2-4-6-8-10-12-11-9-7-5-3-1/h3*1-2,7-10H,3-6,11-12H2/b2-1+,9-7+,10-8+;2-1-,9-7+,10-8+;2-1-,9-7-,10-8+. The van der Waals surface area contributed by atoms with Gasteiger partial charge in [-0.25, -0.2) is 0 Å². The van der Waals surface area contributed by atoms with Gasteiger partial charge in [0, 0.05) is 0 Å². The molecule has 0 N–H and O–H groups in total. The van der Waals surface area contributed by atoms with Crippen molar-refractivity contribution < 1.29 is 0 Å². The lowest BCUT2D eigenvalue weighted by Crippen LogP contribution is -1.71. The van der Waals surface area contributed by atoms with Gasteiger partial charge in [0.15, 0.2) is 0 Å². The van der Waals surface area contributed by atoms with Crippen molar-refractivity contribution in [1.29, 1.82) is 0 Å². The number of allylic oxidation sites excluding steroid dienone is 18. The molecule has 0 heterocycles. The molecule has 36 heavy (non-hydrogen) atoms. The Morgan fingerprint density at radius 1 is 0.111 bits per heavy atom. The third kappa shape index (κ3) is 26.3. The van der Waals surface area contributed by atoms with Gasteiger partial charge in [0.05, 0.1) is 0 Å². The summed E-state index contributed by atoms with van der Waals surface area (Å²) in [5.74, 6) is 0. The molecule has 3 aliphatic carbocycles. The summed E-state index contributed by atoms with van der Waals surface area (Å²) >= 11 is 0. The Kier molecular flexibility index (Phi) is 25.4. The van der Waals surface area contributed by atoms with Gasteiger partial charge in [-0.2, -0.15) is 0 Å². The first-order valence-electron chi connectivity index (χ1n) is 14.8. The van der Waals surface area contributed by atoms with Crippen LogP contribution in [0.3, 0.4) is 0 Å². The van der Waals surface area contributed by atoms with Crippen LogP contribution in [-0.4, -0.2) is 0 Å². The molecule has 0 unspecified atom stereocenters. The van der Waals surface area contributed by atoms with Crippen molar-refractivity contribution >= 4 is 0 Å². The predicted molar refractivity (Wildman–Crippen MR) is 165 cm³/mol. The fraction of sp³-hybridized carbons (Fsp3) is 0.500. The summed E-state index contributed by atoms with van der Waals surface area (Å²) in [6.07, 6.45) is 63.0. The highest BCUT2D eigenvalue weighted by molar-refractivity contribution is 4.96. The minimum absolute atomic E-state index is 1.21. The van der Waals surface area contributed by atoms with Crippen LogP contribution in [0, 0.1) is 0 Å². The Morgan fingerprint density at radius 3 is 0.222 bits per heavy atom. The lowest BCUT2D eigenvalue weighted by atomic mass is 10.1. The van der Waals surface area contributed by atoms with Crippen LogP contribution in [-0.2, 0) is 0 Å². The Morgan fingerprint density at radius 2 is 0.167 bits per heavy atom. The summed E-state index contributed by atoms with van der Waals surface area (Å²) in [6.45, 7) is 0. The summed E-state index contributed by atoms with van der Waals surface area (Å²) in [7, 11) is 0. The fourth-order valence-electron chi connectivity index (χ4n) is 3.85. The first-order chi connectivity index (χ1) is 18.0. The van der Waals surface area contributed by atoms with E-state index in [9.17, 15) is 0 Å². The van der Waals surface area contributed by atoms with E-state index < -0.39 is 0 Å². The van der Waals surface area contributed by atoms with Gasteiger partial charge in [-0.1, -0.05) is 109 Å². The molecule has 0 spiro atoms. The largest absolute Gasteiger partial charge is 0.0882 e. The SMILES string of the molecule is C1=C/CC/C=C/CC/C=C/CC/1.C1=C\CC/C=C/CC/C=C/CC/1.C1=C\CC/C=C/CC/C=C\CC/1. The molecule has 3 rings (SSSR count). The topological polar surface area (TPSA) is 0 Å². The Bertz CT molecular complexity index is 463. The van der Waals surface area contributed by atoms with E-state index in [-0.39, 0.29) is 0 Å². The zero-order valence-corrected chi connectivity index (χ0v) is 23.1. The number of hydrogen-bond acceptors (Lipinski definition) is 0. The smallest absolute Gasteiger partial charge is 0.0316 e. The zero-order chi connectivity index (χ0) is 25.5. The minimum Gasteiger partial charge on any atom is -0.0882 e. The molecule has 0 amide bonds. The molecule has 3 aliphatic rings. The first kappa shape index (κ1) is 31.7. The van der Waals surface area contributed by atoms with E-state index in [2.05, 4.69) is 109 Å². The van der Waals surface area contributed by atoms with Crippen molar-refractivity contribution in [2.24, 2.45) is 0 Å². The van der Waals surface area contributed by atoms with Crippen LogP contribution in [0.15, 0.2) is 109 Å². The van der Waals surface area contributed by atoms with Crippen LogP contribution in [0.2, 0.25) is 0 Å². The molecule has 0 aromatic carbocycles. The van der Waals surface area contributed by atoms with E-state index >= 15 is 0 Å². The summed E-state index contributed by atoms with van der Waals surface area (Å²) in [5, 5.41) is 0. The van der Waals surface area contributed by atoms with Gasteiger partial charge in [0.25, 0.3) is 0 Å². The van der Waals surface area contributed by atoms with Crippen molar-refractivity contribution in [2.45, 2.75) is 116 Å². The van der Waals surface area contributed by atoms with Crippen molar-refractivity contribution in [3.63, 3.8) is 0 Å². The van der Waals surface area contributed by atoms with Gasteiger partial charge in [-0.15, -0.1) is 0 Å². The lowest BCUT2D eigenvalue weighted by Gasteiger charge is -1.92. The van der Waals surface area contributed by atoms with Gasteiger partial charge < -0.3 is 0 Å². The average Bonchev–Trinajstić information content (AvgIpc) is 2.86. The van der Waals surface area contributed by atoms with Crippen LogP contribution >= 0.6 is 0 Å². The maximum atomic E-state index is 2.29. The van der Waals surface area contributed by atoms with Gasteiger partial charge in [0.2, 0.25) is 0 Å². The molecule has 0 nitrogen and oxygen atoms in total. The molecule has 0 saturated heterocycles. The maximum absolute atomic E-state index is 2.29. The van der Waals surface area contributed by atoms with E-state index in [0.29, 0.717) is 0 Å². The molecular formula is C36H54. The van der Waals surface area contributed by atoms with E-state index in [0.717, 1.165) is 0 Å². The highest BCUT2D eigenvalue weighted by Crippen LogP contribution is 2.05. The summed E-state index contributed by atoms with van der Waals surface area (Å²) < 4.78 is 0. The lowest BCUT2D eigenvalue weighted by molar-refractivity contribution is 0.962. The molecular weight excluding hydrogens is 432 g/mol. The van der Waals surface area contributed by atoms with Crippen molar-refractivity contribution in [2.75, 3.05) is 0 Å². The zero-order valence-electron chi connectivity index (χ0n) is 23.1. The van der Waals surface area contributed by atoms with Crippen LogP contribution in [0.1, 0.15) is 116 Å². The van der Waals surface area contributed by atoms with E-state index in [1.807, 2.05) is 0 Å². The molecule has 0 radical (unpaired) electrons. The highest BCUT2D eigenvalue weighted by atomic mass is 13.9. The molecule has 0 aromatic rings. The van der Waals surface area contributed by atoms with Gasteiger partial charge in [-0.3, -0.25) is 0 Å². The maximum Gasteiger partial charge on any atom is -0.0316 e. The first-order valence-corrected chi connectivity index (χ1v) is 14.8. The summed E-state index contributed by atoms with van der Waals surface area (Å²) in [6, 6.07) is 0. The van der Waals surface area contributed by atoms with E-state index in [4.69, 9.17) is 0 Å². The van der Waals surface area contributed by atoms with Gasteiger partial charge in [0.1, 0.15) is 0 Å². The highest BCUT2D eigenvalue weighted by Gasteiger charge is 1.84. The molecule has 0 saturated carbocycles. The summed E-state index contributed by atoms with van der Waals surface area (Å²) in [4.78, 5) is 0. The second-order valence-electron chi connectivity index (χ2n) is 9.44. The van der Waals surface area contributed by atoms with Gasteiger partial charge >= 0.3 is 0 Å². The van der Waals surface area contributed by atoms with E-state index in [1.165, 1.54) is 116 Å². The van der Waals surface area contributed by atoms with Crippen LogP contribution in [0.5, 0.6) is 0 Å². The molecule has 0 aromatic heterocycles. The average molecular weight is 487 g/mol. The Balaban J connectivity index is 0.000000270. The van der Waals surface area contributed by atoms with E-state index in [1.54, 1.807) is 0 Å². The third-order valence-electron chi connectivity index (χ3n) is 6.00. The van der Waals surface area contributed by atoms with Gasteiger partial charge in [-0.05, 0) is 116 Å². The third-order valence-corrected chi connectivity index (χ3v) is 6.00. The van der Waals surface area contributed by atoms with Crippen molar-refractivity contribution in [1.82, 2.24) is 0 Å². The van der Waals surface area contributed by atoms with Crippen LogP contribution < -0.4 is 0 Å². The van der Waals surface area contributed by atoms with Crippen LogP contribution in [0.4, 0.5) is 0 Å².